The lowest BCUT2D eigenvalue weighted by molar-refractivity contribution is 0.102. The van der Waals surface area contributed by atoms with Gasteiger partial charge in [-0.1, -0.05) is 52.7 Å². The number of para-hydroxylation sites is 1. The molecule has 4 rings (SSSR count). The molecule has 0 spiro atoms. The Morgan fingerprint density at radius 3 is 2.50 bits per heavy atom. The molecular formula is C23H19Cl2N3O4S2. The van der Waals surface area contributed by atoms with Gasteiger partial charge in [-0.2, -0.15) is 0 Å². The molecule has 1 aromatic heterocycles. The maximum absolute atomic E-state index is 13.5. The van der Waals surface area contributed by atoms with Crippen LogP contribution in [0.2, 0.25) is 10.0 Å². The van der Waals surface area contributed by atoms with Crippen LogP contribution in [0.3, 0.4) is 0 Å². The third kappa shape index (κ3) is 4.69. The Balaban J connectivity index is 1.69. The van der Waals surface area contributed by atoms with Gasteiger partial charge >= 0.3 is 0 Å². The molecule has 0 unspecified atom stereocenters. The van der Waals surface area contributed by atoms with Crippen molar-refractivity contribution < 1.29 is 17.9 Å². The first-order valence-corrected chi connectivity index (χ1v) is 13.1. The van der Waals surface area contributed by atoms with E-state index in [-0.39, 0.29) is 27.0 Å². The van der Waals surface area contributed by atoms with Gasteiger partial charge in [-0.05, 0) is 49.4 Å². The zero-order chi connectivity index (χ0) is 24.5. The van der Waals surface area contributed by atoms with Crippen molar-refractivity contribution in [1.82, 2.24) is 4.98 Å². The van der Waals surface area contributed by atoms with Crippen LogP contribution < -0.4 is 14.4 Å². The van der Waals surface area contributed by atoms with Gasteiger partial charge in [0.15, 0.2) is 5.13 Å². The molecule has 0 saturated heterocycles. The molecule has 176 valence electrons. The minimum absolute atomic E-state index is 0.0204. The Morgan fingerprint density at radius 1 is 1.09 bits per heavy atom. The van der Waals surface area contributed by atoms with E-state index in [9.17, 15) is 13.2 Å². The van der Waals surface area contributed by atoms with E-state index in [1.165, 1.54) is 27.8 Å². The SMILES string of the molecule is CCN(c1ccccc1)S(=O)(=O)c1cc(C(=O)Nc2nc3ccc(OC)cc3s2)c(Cl)cc1Cl. The molecule has 0 aliphatic carbocycles. The number of methoxy groups -OCH3 is 1. The molecule has 0 aliphatic heterocycles. The number of amides is 1. The van der Waals surface area contributed by atoms with E-state index >= 15 is 0 Å². The summed E-state index contributed by atoms with van der Waals surface area (Å²) in [7, 11) is -2.51. The van der Waals surface area contributed by atoms with Gasteiger partial charge in [-0.25, -0.2) is 13.4 Å². The topological polar surface area (TPSA) is 88.6 Å². The molecule has 1 heterocycles. The van der Waals surface area contributed by atoms with Crippen molar-refractivity contribution in [2.75, 3.05) is 23.3 Å². The molecule has 0 atom stereocenters. The Bertz CT molecular complexity index is 1470. The van der Waals surface area contributed by atoms with Crippen LogP contribution in [-0.4, -0.2) is 33.0 Å². The second-order valence-corrected chi connectivity index (χ2v) is 10.8. The zero-order valence-corrected chi connectivity index (χ0v) is 21.2. The molecule has 3 aromatic carbocycles. The Hall–Kier alpha value is -2.85. The molecule has 0 bridgehead atoms. The number of aromatic nitrogens is 1. The summed E-state index contributed by atoms with van der Waals surface area (Å²) in [5.41, 5.74) is 1.13. The van der Waals surface area contributed by atoms with Crippen LogP contribution in [0.25, 0.3) is 10.2 Å². The summed E-state index contributed by atoms with van der Waals surface area (Å²) in [5, 5.41) is 2.97. The lowest BCUT2D eigenvalue weighted by Gasteiger charge is -2.24. The number of hydrogen-bond donors (Lipinski definition) is 1. The van der Waals surface area contributed by atoms with Gasteiger partial charge in [-0.3, -0.25) is 14.4 Å². The molecule has 34 heavy (non-hydrogen) atoms. The number of anilines is 2. The standard InChI is InChI=1S/C23H19Cl2N3O4S2/c1-3-28(14-7-5-4-6-8-14)34(30,31)21-12-16(17(24)13-18(21)25)22(29)27-23-26-19-10-9-15(32-2)11-20(19)33-23/h4-13H,3H2,1-2H3,(H,26,27,29). The van der Waals surface area contributed by atoms with Crippen molar-refractivity contribution in [2.24, 2.45) is 0 Å². The highest BCUT2D eigenvalue weighted by molar-refractivity contribution is 7.93. The molecule has 0 radical (unpaired) electrons. The number of hydrogen-bond acceptors (Lipinski definition) is 6. The van der Waals surface area contributed by atoms with Crippen LogP contribution in [0.15, 0.2) is 65.6 Å². The fraction of sp³-hybridized carbons (Fsp3) is 0.130. The van der Waals surface area contributed by atoms with Crippen molar-refractivity contribution in [2.45, 2.75) is 11.8 Å². The molecule has 0 fully saturated rings. The molecule has 0 aliphatic rings. The minimum Gasteiger partial charge on any atom is -0.497 e. The highest BCUT2D eigenvalue weighted by atomic mass is 35.5. The highest BCUT2D eigenvalue weighted by Gasteiger charge is 2.28. The average molecular weight is 536 g/mol. The van der Waals surface area contributed by atoms with E-state index in [2.05, 4.69) is 10.3 Å². The monoisotopic (exact) mass is 535 g/mol. The van der Waals surface area contributed by atoms with Crippen molar-refractivity contribution in [3.05, 3.63) is 76.3 Å². The van der Waals surface area contributed by atoms with Crippen LogP contribution in [0.4, 0.5) is 10.8 Å². The highest BCUT2D eigenvalue weighted by Crippen LogP contribution is 2.34. The first kappa shape index (κ1) is 24.3. The van der Waals surface area contributed by atoms with Gasteiger partial charge < -0.3 is 4.74 Å². The summed E-state index contributed by atoms with van der Waals surface area (Å²) in [6, 6.07) is 16.4. The Morgan fingerprint density at radius 2 is 1.82 bits per heavy atom. The molecular weight excluding hydrogens is 517 g/mol. The Kier molecular flexibility index (Phi) is 6.99. The lowest BCUT2D eigenvalue weighted by Crippen LogP contribution is -2.31. The second-order valence-electron chi connectivity index (χ2n) is 7.07. The molecule has 7 nitrogen and oxygen atoms in total. The summed E-state index contributed by atoms with van der Waals surface area (Å²) in [5.74, 6) is 0.0652. The largest absolute Gasteiger partial charge is 0.497 e. The number of rotatable bonds is 7. The number of thiazole rings is 1. The predicted molar refractivity (Wildman–Crippen MR) is 137 cm³/mol. The third-order valence-corrected chi connectivity index (χ3v) is 8.60. The minimum atomic E-state index is -4.07. The van der Waals surface area contributed by atoms with Gasteiger partial charge in [0, 0.05) is 6.54 Å². The summed E-state index contributed by atoms with van der Waals surface area (Å²) in [6.45, 7) is 1.88. The first-order chi connectivity index (χ1) is 16.2. The number of halogens is 2. The number of sulfonamides is 1. The van der Waals surface area contributed by atoms with E-state index in [1.54, 1.807) is 56.5 Å². The van der Waals surface area contributed by atoms with Crippen LogP contribution in [0.1, 0.15) is 17.3 Å². The maximum atomic E-state index is 13.5. The zero-order valence-electron chi connectivity index (χ0n) is 18.1. The van der Waals surface area contributed by atoms with E-state index in [1.807, 2.05) is 6.07 Å². The van der Waals surface area contributed by atoms with Gasteiger partial charge in [0.05, 0.1) is 38.6 Å². The lowest BCUT2D eigenvalue weighted by atomic mass is 10.2. The first-order valence-electron chi connectivity index (χ1n) is 10.1. The van der Waals surface area contributed by atoms with Crippen LogP contribution >= 0.6 is 34.5 Å². The molecule has 0 saturated carbocycles. The van der Waals surface area contributed by atoms with E-state index in [0.29, 0.717) is 22.1 Å². The second kappa shape index (κ2) is 9.79. The van der Waals surface area contributed by atoms with Crippen molar-refractivity contribution in [1.29, 1.82) is 0 Å². The fourth-order valence-corrected chi connectivity index (χ4v) is 6.55. The molecule has 4 aromatic rings. The van der Waals surface area contributed by atoms with Gasteiger partial charge in [0.2, 0.25) is 0 Å². The fourth-order valence-electron chi connectivity index (χ4n) is 3.35. The number of carbonyl (C=O) groups excluding carboxylic acids is 1. The van der Waals surface area contributed by atoms with Crippen molar-refractivity contribution in [3.8, 4) is 5.75 Å². The number of nitrogens with zero attached hydrogens (tertiary/aromatic N) is 2. The molecule has 1 amide bonds. The van der Waals surface area contributed by atoms with Crippen molar-refractivity contribution >= 4 is 71.5 Å². The molecule has 11 heteroatoms. The summed E-state index contributed by atoms with van der Waals surface area (Å²) >= 11 is 13.8. The number of carbonyl (C=O) groups is 1. The van der Waals surface area contributed by atoms with Crippen LogP contribution in [0, 0.1) is 0 Å². The van der Waals surface area contributed by atoms with Gasteiger partial charge in [0.1, 0.15) is 10.6 Å². The number of benzene rings is 3. The van der Waals surface area contributed by atoms with Crippen LogP contribution in [-0.2, 0) is 10.0 Å². The van der Waals surface area contributed by atoms with Gasteiger partial charge in [0.25, 0.3) is 15.9 Å². The molecule has 1 N–H and O–H groups in total. The third-order valence-electron chi connectivity index (χ3n) is 4.98. The smallest absolute Gasteiger partial charge is 0.265 e. The Labute approximate surface area is 210 Å². The van der Waals surface area contributed by atoms with E-state index < -0.39 is 15.9 Å². The van der Waals surface area contributed by atoms with Gasteiger partial charge in [-0.15, -0.1) is 0 Å². The predicted octanol–water partition coefficient (Wildman–Crippen LogP) is 6.08. The maximum Gasteiger partial charge on any atom is 0.265 e. The average Bonchev–Trinajstić information content (AvgIpc) is 3.21. The quantitative estimate of drug-likeness (QED) is 0.309. The normalized spacial score (nSPS) is 11.4. The summed E-state index contributed by atoms with van der Waals surface area (Å²) in [4.78, 5) is 17.2. The number of fused-ring (bicyclic) bond motifs is 1. The van der Waals surface area contributed by atoms with E-state index in [0.717, 1.165) is 4.70 Å². The van der Waals surface area contributed by atoms with E-state index in [4.69, 9.17) is 27.9 Å². The van der Waals surface area contributed by atoms with Crippen molar-refractivity contribution in [3.63, 3.8) is 0 Å². The van der Waals surface area contributed by atoms with Crippen LogP contribution in [0.5, 0.6) is 5.75 Å². The summed E-state index contributed by atoms with van der Waals surface area (Å²) in [6.07, 6.45) is 0. The number of nitrogens with one attached hydrogen (secondary N) is 1. The summed E-state index contributed by atoms with van der Waals surface area (Å²) < 4.78 is 34.2. The number of ether oxygens (including phenoxy) is 1.